The Labute approximate surface area is 145 Å². The second kappa shape index (κ2) is 6.51. The fourth-order valence-corrected chi connectivity index (χ4v) is 2.97. The Balaban J connectivity index is 1.39. The summed E-state index contributed by atoms with van der Waals surface area (Å²) in [4.78, 5) is 16.9. The van der Waals surface area contributed by atoms with E-state index in [0.717, 1.165) is 6.42 Å². The van der Waals surface area contributed by atoms with Gasteiger partial charge in [-0.05, 0) is 25.7 Å². The van der Waals surface area contributed by atoms with E-state index in [4.69, 9.17) is 13.9 Å². The van der Waals surface area contributed by atoms with Crippen molar-refractivity contribution in [1.29, 1.82) is 0 Å². The molecule has 4 rings (SSSR count). The molecule has 1 amide bonds. The normalized spacial score (nSPS) is 23.0. The van der Waals surface area contributed by atoms with Gasteiger partial charge < -0.3 is 19.2 Å². The number of carbonyl (C=O) groups excluding carboxylic acids is 1. The van der Waals surface area contributed by atoms with E-state index >= 15 is 0 Å². The molecular weight excluding hydrogens is 324 g/mol. The zero-order valence-corrected chi connectivity index (χ0v) is 14.4. The van der Waals surface area contributed by atoms with E-state index in [1.807, 2.05) is 7.05 Å². The average molecular weight is 346 g/mol. The first-order valence-electron chi connectivity index (χ1n) is 8.58. The van der Waals surface area contributed by atoms with Crippen molar-refractivity contribution in [3.8, 4) is 5.75 Å². The van der Waals surface area contributed by atoms with Crippen molar-refractivity contribution in [2.24, 2.45) is 13.0 Å². The van der Waals surface area contributed by atoms with Gasteiger partial charge in [0.25, 0.3) is 5.91 Å². The number of carbonyl (C=O) groups is 1. The van der Waals surface area contributed by atoms with Gasteiger partial charge in [0.2, 0.25) is 5.76 Å². The van der Waals surface area contributed by atoms with Gasteiger partial charge in [-0.3, -0.25) is 9.48 Å². The Kier molecular flexibility index (Phi) is 4.20. The number of hydrogen-bond donors (Lipinski definition) is 1. The van der Waals surface area contributed by atoms with Gasteiger partial charge in [0.1, 0.15) is 6.10 Å². The maximum Gasteiger partial charge on any atom is 0.289 e. The number of rotatable bonds is 6. The second-order valence-electron chi connectivity index (χ2n) is 6.79. The Hall–Kier alpha value is -2.35. The molecule has 2 aromatic rings. The van der Waals surface area contributed by atoms with Gasteiger partial charge in [0, 0.05) is 13.5 Å². The number of nitrogens with one attached hydrogen (secondary N) is 1. The summed E-state index contributed by atoms with van der Waals surface area (Å²) < 4.78 is 18.7. The van der Waals surface area contributed by atoms with Crippen LogP contribution in [-0.4, -0.2) is 46.0 Å². The zero-order chi connectivity index (χ0) is 17.4. The van der Waals surface area contributed by atoms with E-state index in [0.29, 0.717) is 36.5 Å². The van der Waals surface area contributed by atoms with Crippen LogP contribution in [0.5, 0.6) is 5.75 Å². The molecule has 8 nitrogen and oxygen atoms in total. The Bertz CT molecular complexity index is 765. The molecule has 0 spiro atoms. The van der Waals surface area contributed by atoms with E-state index < -0.39 is 0 Å². The number of hydrogen-bond acceptors (Lipinski definition) is 6. The molecular formula is C17H22N4O4. The van der Waals surface area contributed by atoms with Crippen LogP contribution in [0.15, 0.2) is 16.8 Å². The SMILES string of the molecule is Cc1nc(CC2CC2)oc1C(=O)N[C@H]1COC[C@H]1Oc1cnn(C)c1. The van der Waals surface area contributed by atoms with E-state index in [2.05, 4.69) is 15.4 Å². The summed E-state index contributed by atoms with van der Waals surface area (Å²) in [5, 5.41) is 7.02. The van der Waals surface area contributed by atoms with Crippen LogP contribution in [0.4, 0.5) is 0 Å². The van der Waals surface area contributed by atoms with Gasteiger partial charge in [0.05, 0.1) is 37.3 Å². The van der Waals surface area contributed by atoms with Crippen molar-refractivity contribution in [2.45, 2.75) is 38.3 Å². The van der Waals surface area contributed by atoms with Crippen molar-refractivity contribution in [3.63, 3.8) is 0 Å². The minimum absolute atomic E-state index is 0.246. The van der Waals surface area contributed by atoms with E-state index in [9.17, 15) is 4.79 Å². The van der Waals surface area contributed by atoms with Crippen LogP contribution in [0, 0.1) is 12.8 Å². The number of ether oxygens (including phenoxy) is 2. The highest BCUT2D eigenvalue weighted by molar-refractivity contribution is 5.92. The Morgan fingerprint density at radius 3 is 3.00 bits per heavy atom. The van der Waals surface area contributed by atoms with Crippen molar-refractivity contribution < 1.29 is 18.7 Å². The summed E-state index contributed by atoms with van der Waals surface area (Å²) in [6.07, 6.45) is 6.41. The molecule has 1 saturated heterocycles. The third kappa shape index (κ3) is 3.68. The van der Waals surface area contributed by atoms with Crippen LogP contribution >= 0.6 is 0 Å². The van der Waals surface area contributed by atoms with Crippen LogP contribution in [0.2, 0.25) is 0 Å². The molecule has 1 aliphatic heterocycles. The first kappa shape index (κ1) is 16.1. The number of aryl methyl sites for hydroxylation is 2. The lowest BCUT2D eigenvalue weighted by Crippen LogP contribution is -2.45. The quantitative estimate of drug-likeness (QED) is 0.846. The van der Waals surface area contributed by atoms with Crippen LogP contribution in [0.25, 0.3) is 0 Å². The molecule has 2 atom stereocenters. The number of nitrogens with zero attached hydrogens (tertiary/aromatic N) is 3. The third-order valence-corrected chi connectivity index (χ3v) is 4.52. The van der Waals surface area contributed by atoms with Crippen molar-refractivity contribution in [2.75, 3.05) is 13.2 Å². The monoisotopic (exact) mass is 346 g/mol. The van der Waals surface area contributed by atoms with Crippen molar-refractivity contribution in [3.05, 3.63) is 29.7 Å². The van der Waals surface area contributed by atoms with Crippen LogP contribution < -0.4 is 10.1 Å². The summed E-state index contributed by atoms with van der Waals surface area (Å²) in [7, 11) is 1.82. The molecule has 1 N–H and O–H groups in total. The largest absolute Gasteiger partial charge is 0.482 e. The highest BCUT2D eigenvalue weighted by Crippen LogP contribution is 2.32. The van der Waals surface area contributed by atoms with Crippen LogP contribution in [0.1, 0.15) is 35.0 Å². The summed E-state index contributed by atoms with van der Waals surface area (Å²) in [6, 6.07) is -0.246. The molecule has 0 radical (unpaired) electrons. The fraction of sp³-hybridized carbons (Fsp3) is 0.588. The predicted octanol–water partition coefficient (Wildman–Crippen LogP) is 1.25. The smallest absolute Gasteiger partial charge is 0.289 e. The summed E-state index contributed by atoms with van der Waals surface area (Å²) >= 11 is 0. The van der Waals surface area contributed by atoms with E-state index in [1.165, 1.54) is 12.8 Å². The van der Waals surface area contributed by atoms with Gasteiger partial charge >= 0.3 is 0 Å². The summed E-state index contributed by atoms with van der Waals surface area (Å²) in [6.45, 7) is 2.62. The van der Waals surface area contributed by atoms with Gasteiger partial charge in [0.15, 0.2) is 11.6 Å². The molecule has 1 aliphatic carbocycles. The molecule has 3 heterocycles. The van der Waals surface area contributed by atoms with Crippen LogP contribution in [-0.2, 0) is 18.2 Å². The molecule has 134 valence electrons. The van der Waals surface area contributed by atoms with E-state index in [-0.39, 0.29) is 23.8 Å². The molecule has 2 aromatic heterocycles. The number of amides is 1. The van der Waals surface area contributed by atoms with E-state index in [1.54, 1.807) is 24.0 Å². The summed E-state index contributed by atoms with van der Waals surface area (Å²) in [5.74, 6) is 1.97. The highest BCUT2D eigenvalue weighted by atomic mass is 16.5. The molecule has 2 fully saturated rings. The maximum atomic E-state index is 12.6. The molecule has 1 saturated carbocycles. The molecule has 8 heteroatoms. The minimum atomic E-state index is -0.276. The lowest BCUT2D eigenvalue weighted by Gasteiger charge is -2.19. The lowest BCUT2D eigenvalue weighted by atomic mass is 10.2. The molecule has 25 heavy (non-hydrogen) atoms. The zero-order valence-electron chi connectivity index (χ0n) is 14.4. The predicted molar refractivity (Wildman–Crippen MR) is 87.4 cm³/mol. The topological polar surface area (TPSA) is 91.4 Å². The average Bonchev–Trinajstić information content (AvgIpc) is 2.93. The molecule has 0 bridgehead atoms. The van der Waals surface area contributed by atoms with Crippen molar-refractivity contribution >= 4 is 5.91 Å². The summed E-state index contributed by atoms with van der Waals surface area (Å²) in [5.41, 5.74) is 0.622. The fourth-order valence-electron chi connectivity index (χ4n) is 2.97. The number of oxazole rings is 1. The van der Waals surface area contributed by atoms with Gasteiger partial charge in [-0.2, -0.15) is 5.10 Å². The second-order valence-corrected chi connectivity index (χ2v) is 6.79. The lowest BCUT2D eigenvalue weighted by molar-refractivity contribution is 0.0873. The standard InChI is InChI=1S/C17H22N4O4/c1-10-16(25-15(19-10)5-11-3-4-11)17(22)20-13-8-23-9-14(13)24-12-6-18-21(2)7-12/h6-7,11,13-14H,3-5,8-9H2,1-2H3,(H,20,22)/t13-,14+/m0/s1. The number of aromatic nitrogens is 3. The van der Waals surface area contributed by atoms with Gasteiger partial charge in [-0.15, -0.1) is 0 Å². The van der Waals surface area contributed by atoms with Crippen molar-refractivity contribution in [1.82, 2.24) is 20.1 Å². The Morgan fingerprint density at radius 2 is 2.28 bits per heavy atom. The van der Waals surface area contributed by atoms with Gasteiger partial charge in [-0.1, -0.05) is 0 Å². The Morgan fingerprint density at radius 1 is 1.44 bits per heavy atom. The first-order valence-corrected chi connectivity index (χ1v) is 8.58. The maximum absolute atomic E-state index is 12.6. The molecule has 0 aromatic carbocycles. The highest BCUT2D eigenvalue weighted by Gasteiger charge is 2.33. The minimum Gasteiger partial charge on any atom is -0.482 e. The first-order chi connectivity index (χ1) is 12.1. The molecule has 0 unspecified atom stereocenters. The molecule has 2 aliphatic rings. The van der Waals surface area contributed by atoms with Gasteiger partial charge in [-0.25, -0.2) is 4.98 Å². The third-order valence-electron chi connectivity index (χ3n) is 4.52. The van der Waals surface area contributed by atoms with Crippen LogP contribution in [0.3, 0.4) is 0 Å².